The predicted molar refractivity (Wildman–Crippen MR) is 174 cm³/mol. The van der Waals surface area contributed by atoms with Crippen LogP contribution in [0.1, 0.15) is 34.8 Å². The van der Waals surface area contributed by atoms with E-state index in [1.807, 2.05) is 84.9 Å². The zero-order valence-electron chi connectivity index (χ0n) is 23.3. The summed E-state index contributed by atoms with van der Waals surface area (Å²) in [7, 11) is 0. The molecule has 0 fully saturated rings. The minimum absolute atomic E-state index is 0.0683. The summed E-state index contributed by atoms with van der Waals surface area (Å²) < 4.78 is 13.2. The van der Waals surface area contributed by atoms with Gasteiger partial charge in [-0.25, -0.2) is 4.99 Å². The van der Waals surface area contributed by atoms with Gasteiger partial charge in [-0.05, 0) is 71.6 Å². The van der Waals surface area contributed by atoms with Crippen molar-refractivity contribution in [1.29, 1.82) is 0 Å². The van der Waals surface area contributed by atoms with Crippen molar-refractivity contribution < 1.29 is 19.4 Å². The van der Waals surface area contributed by atoms with Crippen LogP contribution in [0.4, 0.5) is 0 Å². The molecular formula is C34H31BrCl2N2O4. The summed E-state index contributed by atoms with van der Waals surface area (Å²) in [6.07, 6.45) is 0.723. The normalized spacial score (nSPS) is 17.7. The summed E-state index contributed by atoms with van der Waals surface area (Å²) in [5.74, 6) is 0.812. The van der Waals surface area contributed by atoms with Gasteiger partial charge < -0.3 is 19.9 Å². The number of aliphatic hydroxyl groups is 1. The molecule has 0 aromatic heterocycles. The van der Waals surface area contributed by atoms with Crippen LogP contribution in [0.15, 0.2) is 107 Å². The third kappa shape index (κ3) is 7.60. The van der Waals surface area contributed by atoms with Crippen molar-refractivity contribution in [1.82, 2.24) is 5.32 Å². The van der Waals surface area contributed by atoms with E-state index in [0.717, 1.165) is 26.7 Å². The summed E-state index contributed by atoms with van der Waals surface area (Å²) in [4.78, 5) is 19.4. The highest BCUT2D eigenvalue weighted by Crippen LogP contribution is 2.42. The van der Waals surface area contributed by atoms with E-state index in [1.165, 1.54) is 0 Å². The minimum atomic E-state index is -1.29. The molecule has 9 heteroatoms. The van der Waals surface area contributed by atoms with E-state index in [4.69, 9.17) is 42.8 Å². The molecule has 222 valence electrons. The molecule has 43 heavy (non-hydrogen) atoms. The van der Waals surface area contributed by atoms with Gasteiger partial charge in [0.05, 0.1) is 6.61 Å². The average molecular weight is 682 g/mol. The summed E-state index contributed by atoms with van der Waals surface area (Å²) in [6, 6.07) is 30.3. The van der Waals surface area contributed by atoms with Crippen molar-refractivity contribution in [2.45, 2.75) is 30.9 Å². The molecule has 0 saturated carbocycles. The third-order valence-corrected chi connectivity index (χ3v) is 8.33. The number of ether oxygens (including phenoxy) is 2. The first-order valence-electron chi connectivity index (χ1n) is 14.0. The SMILES string of the molecule is O=C(NCCc1ccc(Cl)cc1Cl)[C@]1(Cc2ccc(Br)cc2)N=C(c2ccc(OCCCO)cc2)O[C@@H]1c1ccccc1. The van der Waals surface area contributed by atoms with Gasteiger partial charge in [-0.1, -0.05) is 87.7 Å². The van der Waals surface area contributed by atoms with E-state index >= 15 is 0 Å². The van der Waals surface area contributed by atoms with E-state index in [9.17, 15) is 4.79 Å². The van der Waals surface area contributed by atoms with E-state index in [2.05, 4.69) is 21.2 Å². The maximum atomic E-state index is 14.3. The number of benzene rings is 4. The van der Waals surface area contributed by atoms with Gasteiger partial charge in [-0.2, -0.15) is 0 Å². The fraction of sp³-hybridized carbons (Fsp3) is 0.235. The number of carbonyl (C=O) groups excluding carboxylic acids is 1. The topological polar surface area (TPSA) is 80.2 Å². The summed E-state index contributed by atoms with van der Waals surface area (Å²) in [6.45, 7) is 0.842. The first-order valence-corrected chi connectivity index (χ1v) is 15.5. The number of rotatable bonds is 12. The van der Waals surface area contributed by atoms with Gasteiger partial charge in [0.1, 0.15) is 5.75 Å². The van der Waals surface area contributed by atoms with E-state index in [0.29, 0.717) is 54.1 Å². The Kier molecular flexibility index (Phi) is 10.4. The molecule has 0 spiro atoms. The molecule has 2 atom stereocenters. The van der Waals surface area contributed by atoms with Crippen molar-refractivity contribution >= 4 is 50.9 Å². The molecule has 2 N–H and O–H groups in total. The lowest BCUT2D eigenvalue weighted by atomic mass is 9.82. The predicted octanol–water partition coefficient (Wildman–Crippen LogP) is 7.38. The third-order valence-electron chi connectivity index (χ3n) is 7.21. The van der Waals surface area contributed by atoms with Crippen LogP contribution in [0.3, 0.4) is 0 Å². The largest absolute Gasteiger partial charge is 0.494 e. The smallest absolute Gasteiger partial charge is 0.252 e. The van der Waals surface area contributed by atoms with Crippen molar-refractivity contribution in [3.8, 4) is 5.75 Å². The Morgan fingerprint density at radius 3 is 2.44 bits per heavy atom. The Morgan fingerprint density at radius 2 is 1.74 bits per heavy atom. The molecule has 5 rings (SSSR count). The Labute approximate surface area is 269 Å². The lowest BCUT2D eigenvalue weighted by molar-refractivity contribution is -0.128. The molecule has 1 heterocycles. The molecule has 0 bridgehead atoms. The molecule has 0 saturated heterocycles. The Hall–Kier alpha value is -3.36. The lowest BCUT2D eigenvalue weighted by Gasteiger charge is -2.31. The summed E-state index contributed by atoms with van der Waals surface area (Å²) in [5, 5.41) is 13.3. The average Bonchev–Trinajstić information content (AvgIpc) is 3.41. The molecule has 0 radical (unpaired) electrons. The highest BCUT2D eigenvalue weighted by molar-refractivity contribution is 9.10. The Morgan fingerprint density at radius 1 is 1.00 bits per heavy atom. The molecule has 1 aliphatic rings. The highest BCUT2D eigenvalue weighted by Gasteiger charge is 2.53. The quantitative estimate of drug-likeness (QED) is 0.153. The molecule has 0 unspecified atom stereocenters. The first kappa shape index (κ1) is 31.1. The Balaban J connectivity index is 1.49. The molecule has 0 aliphatic carbocycles. The maximum absolute atomic E-state index is 14.3. The standard InChI is InChI=1S/C34H31BrCl2N2O4/c35-27-12-7-23(8-13-27)22-34(33(41)38-18-17-24-9-14-28(36)21-30(24)37)31(25-5-2-1-3-6-25)43-32(39-34)26-10-15-29(16-11-26)42-20-4-19-40/h1-3,5-16,21,31,40H,4,17-20,22H2,(H,38,41)/t31-,34-/m1/s1. The van der Waals surface area contributed by atoms with Gasteiger partial charge in [0, 0.05) is 46.1 Å². The van der Waals surface area contributed by atoms with Gasteiger partial charge in [0.25, 0.3) is 5.91 Å². The molecule has 1 amide bonds. The van der Waals surface area contributed by atoms with Crippen LogP contribution >= 0.6 is 39.1 Å². The number of aliphatic hydroxyl groups excluding tert-OH is 1. The van der Waals surface area contributed by atoms with E-state index in [-0.39, 0.29) is 12.5 Å². The van der Waals surface area contributed by atoms with Gasteiger partial charge in [0.2, 0.25) is 5.90 Å². The van der Waals surface area contributed by atoms with E-state index < -0.39 is 11.6 Å². The molecule has 4 aromatic rings. The minimum Gasteiger partial charge on any atom is -0.494 e. The summed E-state index contributed by atoms with van der Waals surface area (Å²) >= 11 is 16.0. The molecule has 1 aliphatic heterocycles. The van der Waals surface area contributed by atoms with Crippen molar-refractivity contribution in [2.24, 2.45) is 4.99 Å². The molecular weight excluding hydrogens is 651 g/mol. The van der Waals surface area contributed by atoms with Gasteiger partial charge in [0.15, 0.2) is 11.6 Å². The van der Waals surface area contributed by atoms with Crippen LogP contribution in [0, 0.1) is 0 Å². The fourth-order valence-electron chi connectivity index (χ4n) is 5.01. The van der Waals surface area contributed by atoms with Crippen LogP contribution in [0.5, 0.6) is 5.75 Å². The summed E-state index contributed by atoms with van der Waals surface area (Å²) in [5.41, 5.74) is 2.12. The van der Waals surface area contributed by atoms with Crippen molar-refractivity contribution in [2.75, 3.05) is 19.8 Å². The van der Waals surface area contributed by atoms with Crippen LogP contribution in [-0.2, 0) is 22.4 Å². The number of halogens is 3. The fourth-order valence-corrected chi connectivity index (χ4v) is 5.78. The van der Waals surface area contributed by atoms with Gasteiger partial charge in [-0.3, -0.25) is 4.79 Å². The van der Waals surface area contributed by atoms with Crippen molar-refractivity contribution in [3.63, 3.8) is 0 Å². The second kappa shape index (κ2) is 14.4. The zero-order valence-corrected chi connectivity index (χ0v) is 26.4. The second-order valence-corrected chi connectivity index (χ2v) is 12.0. The van der Waals surface area contributed by atoms with Crippen LogP contribution in [0.2, 0.25) is 10.0 Å². The zero-order chi connectivity index (χ0) is 30.2. The second-order valence-electron chi connectivity index (χ2n) is 10.2. The van der Waals surface area contributed by atoms with Gasteiger partial charge in [-0.15, -0.1) is 0 Å². The highest BCUT2D eigenvalue weighted by atomic mass is 79.9. The number of nitrogens with zero attached hydrogens (tertiary/aromatic N) is 1. The maximum Gasteiger partial charge on any atom is 0.252 e. The molecule has 4 aromatic carbocycles. The number of amides is 1. The Bertz CT molecular complexity index is 1570. The van der Waals surface area contributed by atoms with Crippen LogP contribution in [-0.4, -0.2) is 42.2 Å². The number of nitrogens with one attached hydrogen (secondary N) is 1. The molecule has 6 nitrogen and oxygen atoms in total. The van der Waals surface area contributed by atoms with Crippen molar-refractivity contribution in [3.05, 3.63) is 134 Å². The van der Waals surface area contributed by atoms with Crippen LogP contribution in [0.25, 0.3) is 0 Å². The number of carbonyl (C=O) groups is 1. The van der Waals surface area contributed by atoms with Crippen LogP contribution < -0.4 is 10.1 Å². The lowest BCUT2D eigenvalue weighted by Crippen LogP contribution is -2.50. The monoisotopic (exact) mass is 680 g/mol. The number of hydrogen-bond acceptors (Lipinski definition) is 5. The number of hydrogen-bond donors (Lipinski definition) is 2. The van der Waals surface area contributed by atoms with Gasteiger partial charge >= 0.3 is 0 Å². The first-order chi connectivity index (χ1) is 20.9. The van der Waals surface area contributed by atoms with E-state index in [1.54, 1.807) is 12.1 Å². The number of aliphatic imine (C=N–C) groups is 1.